The number of hydrogen-bond donors (Lipinski definition) is 2. The van der Waals surface area contributed by atoms with Crippen molar-refractivity contribution in [2.45, 2.75) is 25.3 Å². The summed E-state index contributed by atoms with van der Waals surface area (Å²) in [6.07, 6.45) is 2.98. The molecule has 2 N–H and O–H groups in total. The molecular weight excluding hydrogens is 339 g/mol. The molecule has 0 saturated heterocycles. The van der Waals surface area contributed by atoms with Crippen molar-refractivity contribution in [3.63, 3.8) is 0 Å². The van der Waals surface area contributed by atoms with Crippen LogP contribution in [0.4, 0.5) is 9.18 Å². The molecule has 138 valence electrons. The monoisotopic (exact) mass is 360 g/mol. The zero-order chi connectivity index (χ0) is 18.5. The SMILES string of the molecule is COC(=O)CCCNC(=O)N1CCc2[nH]cnc2C1c1cccc(F)c1. The number of imidazole rings is 1. The van der Waals surface area contributed by atoms with Gasteiger partial charge in [0.25, 0.3) is 0 Å². The molecule has 1 aliphatic heterocycles. The molecule has 1 aromatic heterocycles. The van der Waals surface area contributed by atoms with Crippen molar-refractivity contribution < 1.29 is 18.7 Å². The first-order valence-electron chi connectivity index (χ1n) is 8.49. The second-order valence-electron chi connectivity index (χ2n) is 6.08. The maximum Gasteiger partial charge on any atom is 0.318 e. The third kappa shape index (κ3) is 3.84. The number of carbonyl (C=O) groups excluding carboxylic acids is 2. The average Bonchev–Trinajstić information content (AvgIpc) is 3.12. The number of H-pyrrole nitrogens is 1. The first-order chi connectivity index (χ1) is 12.6. The van der Waals surface area contributed by atoms with Crippen LogP contribution >= 0.6 is 0 Å². The molecule has 1 unspecified atom stereocenters. The van der Waals surface area contributed by atoms with Crippen LogP contribution in [0.3, 0.4) is 0 Å². The Morgan fingerprint density at radius 1 is 1.46 bits per heavy atom. The van der Waals surface area contributed by atoms with Gasteiger partial charge in [0.2, 0.25) is 0 Å². The third-order valence-electron chi connectivity index (χ3n) is 4.41. The van der Waals surface area contributed by atoms with Gasteiger partial charge in [-0.05, 0) is 24.1 Å². The van der Waals surface area contributed by atoms with Crippen LogP contribution in [-0.4, -0.2) is 47.1 Å². The average molecular weight is 360 g/mol. The van der Waals surface area contributed by atoms with Crippen molar-refractivity contribution in [1.29, 1.82) is 0 Å². The summed E-state index contributed by atoms with van der Waals surface area (Å²) in [5.74, 6) is -0.667. The summed E-state index contributed by atoms with van der Waals surface area (Å²) in [7, 11) is 1.33. The fraction of sp³-hybridized carbons (Fsp3) is 0.389. The number of halogens is 1. The molecule has 0 bridgehead atoms. The van der Waals surface area contributed by atoms with E-state index >= 15 is 0 Å². The van der Waals surface area contributed by atoms with Crippen molar-refractivity contribution >= 4 is 12.0 Å². The van der Waals surface area contributed by atoms with Gasteiger partial charge in [-0.25, -0.2) is 14.2 Å². The third-order valence-corrected chi connectivity index (χ3v) is 4.41. The molecule has 2 heterocycles. The summed E-state index contributed by atoms with van der Waals surface area (Å²) >= 11 is 0. The predicted molar refractivity (Wildman–Crippen MR) is 91.9 cm³/mol. The molecule has 1 aliphatic rings. The quantitative estimate of drug-likeness (QED) is 0.632. The van der Waals surface area contributed by atoms with Crippen LogP contribution in [0.5, 0.6) is 0 Å². The Bertz CT molecular complexity index is 792. The van der Waals surface area contributed by atoms with E-state index in [0.29, 0.717) is 31.5 Å². The molecule has 0 saturated carbocycles. The summed E-state index contributed by atoms with van der Waals surface area (Å²) < 4.78 is 18.3. The van der Waals surface area contributed by atoms with Gasteiger partial charge in [0, 0.05) is 31.6 Å². The van der Waals surface area contributed by atoms with Crippen LogP contribution in [0.25, 0.3) is 0 Å². The number of amides is 2. The molecule has 0 fully saturated rings. The minimum Gasteiger partial charge on any atom is -0.469 e. The smallest absolute Gasteiger partial charge is 0.318 e. The van der Waals surface area contributed by atoms with Crippen molar-refractivity contribution in [2.75, 3.05) is 20.2 Å². The number of carbonyl (C=O) groups is 2. The summed E-state index contributed by atoms with van der Waals surface area (Å²) in [6, 6.07) is 5.48. The Hall–Kier alpha value is -2.90. The molecule has 1 atom stereocenters. The fourth-order valence-corrected chi connectivity index (χ4v) is 3.14. The van der Waals surface area contributed by atoms with Crippen LogP contribution in [0.15, 0.2) is 30.6 Å². The molecule has 26 heavy (non-hydrogen) atoms. The first-order valence-corrected chi connectivity index (χ1v) is 8.49. The van der Waals surface area contributed by atoms with Gasteiger partial charge in [0.05, 0.1) is 19.1 Å². The highest BCUT2D eigenvalue weighted by atomic mass is 19.1. The number of aromatic nitrogens is 2. The topological polar surface area (TPSA) is 87.3 Å². The Labute approximate surface area is 150 Å². The first kappa shape index (κ1) is 17.9. The Morgan fingerprint density at radius 2 is 2.31 bits per heavy atom. The summed E-state index contributed by atoms with van der Waals surface area (Å²) in [6.45, 7) is 0.840. The normalized spacial score (nSPS) is 16.1. The molecule has 3 rings (SSSR count). The molecule has 2 amide bonds. The van der Waals surface area contributed by atoms with Crippen LogP contribution in [0.1, 0.15) is 35.8 Å². The zero-order valence-electron chi connectivity index (χ0n) is 14.5. The van der Waals surface area contributed by atoms with E-state index in [1.807, 2.05) is 0 Å². The number of rotatable bonds is 5. The standard InChI is InChI=1S/C18H21FN4O3/c1-26-15(24)6-3-8-20-18(25)23-9-7-14-16(22-11-21-14)17(23)12-4-2-5-13(19)10-12/h2,4-5,10-11,17H,3,6-9H2,1H3,(H,20,25)(H,21,22). The summed E-state index contributed by atoms with van der Waals surface area (Å²) in [5, 5.41) is 2.82. The van der Waals surface area contributed by atoms with Gasteiger partial charge in [-0.15, -0.1) is 0 Å². The molecule has 8 heteroatoms. The van der Waals surface area contributed by atoms with Gasteiger partial charge in [0.15, 0.2) is 0 Å². The maximum absolute atomic E-state index is 13.7. The van der Waals surface area contributed by atoms with E-state index in [1.54, 1.807) is 23.4 Å². The number of ether oxygens (including phenoxy) is 1. The van der Waals surface area contributed by atoms with Crippen molar-refractivity contribution in [3.8, 4) is 0 Å². The van der Waals surface area contributed by atoms with E-state index in [9.17, 15) is 14.0 Å². The number of nitrogens with one attached hydrogen (secondary N) is 2. The number of nitrogens with zero attached hydrogens (tertiary/aromatic N) is 2. The number of fused-ring (bicyclic) bond motifs is 1. The number of hydrogen-bond acceptors (Lipinski definition) is 4. The minimum absolute atomic E-state index is 0.244. The fourth-order valence-electron chi connectivity index (χ4n) is 3.14. The van der Waals surface area contributed by atoms with Crippen molar-refractivity contribution in [2.24, 2.45) is 0 Å². The molecule has 0 aliphatic carbocycles. The highest BCUT2D eigenvalue weighted by Crippen LogP contribution is 2.33. The van der Waals surface area contributed by atoms with E-state index in [4.69, 9.17) is 0 Å². The summed E-state index contributed by atoms with van der Waals surface area (Å²) in [5.41, 5.74) is 2.35. The van der Waals surface area contributed by atoms with E-state index in [2.05, 4.69) is 20.0 Å². The lowest BCUT2D eigenvalue weighted by molar-refractivity contribution is -0.140. The molecule has 2 aromatic rings. The number of benzene rings is 1. The Balaban J connectivity index is 1.75. The van der Waals surface area contributed by atoms with Gasteiger partial charge in [-0.3, -0.25) is 4.79 Å². The number of urea groups is 1. The van der Waals surface area contributed by atoms with Gasteiger partial charge in [-0.1, -0.05) is 12.1 Å². The number of methoxy groups -OCH3 is 1. The van der Waals surface area contributed by atoms with Crippen molar-refractivity contribution in [1.82, 2.24) is 20.2 Å². The number of esters is 1. The largest absolute Gasteiger partial charge is 0.469 e. The van der Waals surface area contributed by atoms with Crippen LogP contribution in [-0.2, 0) is 16.0 Å². The van der Waals surface area contributed by atoms with Gasteiger partial charge in [-0.2, -0.15) is 0 Å². The van der Waals surface area contributed by atoms with Crippen LogP contribution in [0, 0.1) is 5.82 Å². The van der Waals surface area contributed by atoms with Crippen LogP contribution in [0.2, 0.25) is 0 Å². The molecule has 0 radical (unpaired) electrons. The predicted octanol–water partition coefficient (Wildman–Crippen LogP) is 2.16. The van der Waals surface area contributed by atoms with Gasteiger partial charge < -0.3 is 19.9 Å². The van der Waals surface area contributed by atoms with E-state index < -0.39 is 6.04 Å². The lowest BCUT2D eigenvalue weighted by Gasteiger charge is -2.35. The van der Waals surface area contributed by atoms with E-state index in [1.165, 1.54) is 19.2 Å². The second-order valence-corrected chi connectivity index (χ2v) is 6.08. The lowest BCUT2D eigenvalue weighted by atomic mass is 9.96. The van der Waals surface area contributed by atoms with Crippen LogP contribution < -0.4 is 5.32 Å². The van der Waals surface area contributed by atoms with Gasteiger partial charge >= 0.3 is 12.0 Å². The minimum atomic E-state index is -0.457. The number of aromatic amines is 1. The molecule has 1 aromatic carbocycles. The highest BCUT2D eigenvalue weighted by Gasteiger charge is 2.34. The molecule has 7 nitrogen and oxygen atoms in total. The summed E-state index contributed by atoms with van der Waals surface area (Å²) in [4.78, 5) is 32.9. The maximum atomic E-state index is 13.7. The Kier molecular flexibility index (Phi) is 5.50. The van der Waals surface area contributed by atoms with E-state index in [-0.39, 0.29) is 24.2 Å². The Morgan fingerprint density at radius 3 is 3.08 bits per heavy atom. The van der Waals surface area contributed by atoms with Crippen molar-refractivity contribution in [3.05, 3.63) is 53.4 Å². The molecular formula is C18H21FN4O3. The highest BCUT2D eigenvalue weighted by molar-refractivity contribution is 5.76. The zero-order valence-corrected chi connectivity index (χ0v) is 14.5. The van der Waals surface area contributed by atoms with E-state index in [0.717, 1.165) is 11.4 Å². The lowest BCUT2D eigenvalue weighted by Crippen LogP contribution is -2.46. The molecule has 0 spiro atoms. The second kappa shape index (κ2) is 7.99. The van der Waals surface area contributed by atoms with Gasteiger partial charge in [0.1, 0.15) is 11.9 Å².